The van der Waals surface area contributed by atoms with Crippen molar-refractivity contribution in [3.8, 4) is 0 Å². The Hall–Kier alpha value is -2.05. The highest BCUT2D eigenvalue weighted by Crippen LogP contribution is 2.30. The number of carboxylic acids is 1. The number of hydrogen-bond donors (Lipinski definition) is 1. The second-order valence-corrected chi connectivity index (χ2v) is 4.51. The number of alkyl halides is 2. The molecule has 1 atom stereocenters. The van der Waals surface area contributed by atoms with Crippen LogP contribution >= 0.6 is 0 Å². The zero-order valence-corrected chi connectivity index (χ0v) is 10.9. The van der Waals surface area contributed by atoms with E-state index in [2.05, 4.69) is 0 Å². The fraction of sp³-hybridized carbons (Fsp3) is 0.385. The van der Waals surface area contributed by atoms with Crippen molar-refractivity contribution in [3.05, 3.63) is 35.6 Å². The van der Waals surface area contributed by atoms with Gasteiger partial charge in [-0.3, -0.25) is 9.59 Å². The number of amides is 1. The largest absolute Gasteiger partial charge is 0.481 e. The van der Waals surface area contributed by atoms with Gasteiger partial charge in [0.2, 0.25) is 0 Å². The van der Waals surface area contributed by atoms with Crippen LogP contribution in [-0.4, -0.2) is 35.5 Å². The third kappa shape index (κ3) is 3.49. The Morgan fingerprint density at radius 2 is 1.80 bits per heavy atom. The molecule has 1 unspecified atom stereocenters. The van der Waals surface area contributed by atoms with Gasteiger partial charge < -0.3 is 10.0 Å². The minimum Gasteiger partial charge on any atom is -0.481 e. The van der Waals surface area contributed by atoms with E-state index in [-0.39, 0.29) is 6.54 Å². The van der Waals surface area contributed by atoms with Crippen LogP contribution in [0, 0.1) is 11.7 Å². The first-order chi connectivity index (χ1) is 9.16. The van der Waals surface area contributed by atoms with Gasteiger partial charge in [-0.25, -0.2) is 4.39 Å². The molecule has 7 heteroatoms. The van der Waals surface area contributed by atoms with Crippen molar-refractivity contribution in [3.63, 3.8) is 0 Å². The maximum Gasteiger partial charge on any atom is 0.349 e. The lowest BCUT2D eigenvalue weighted by molar-refractivity contribution is -0.159. The Morgan fingerprint density at radius 1 is 1.30 bits per heavy atom. The molecule has 1 N–H and O–H groups in total. The molecule has 1 aromatic carbocycles. The molecular weight excluding hydrogens is 275 g/mol. The molecule has 0 radical (unpaired) electrons. The number of benzene rings is 1. The standard InChI is InChI=1S/C13H14F3NO3/c1-8(11(18)19)7-17(2)12(20)13(15,16)9-3-5-10(14)6-4-9/h3-6,8H,7H2,1-2H3,(H,18,19). The molecule has 0 aliphatic carbocycles. The fourth-order valence-corrected chi connectivity index (χ4v) is 1.59. The second kappa shape index (κ2) is 5.94. The number of aliphatic carboxylic acids is 1. The van der Waals surface area contributed by atoms with E-state index < -0.39 is 35.1 Å². The van der Waals surface area contributed by atoms with Gasteiger partial charge in [0.1, 0.15) is 5.82 Å². The lowest BCUT2D eigenvalue weighted by Crippen LogP contribution is -2.42. The number of likely N-dealkylation sites (N-methyl/N-ethyl adjacent to an activating group) is 1. The highest BCUT2D eigenvalue weighted by Gasteiger charge is 2.43. The van der Waals surface area contributed by atoms with Crippen molar-refractivity contribution in [2.75, 3.05) is 13.6 Å². The van der Waals surface area contributed by atoms with Gasteiger partial charge in [0.25, 0.3) is 5.91 Å². The molecular formula is C13H14F3NO3. The first-order valence-electron chi connectivity index (χ1n) is 5.78. The van der Waals surface area contributed by atoms with Crippen LogP contribution in [0.1, 0.15) is 12.5 Å². The zero-order valence-electron chi connectivity index (χ0n) is 10.9. The first-order valence-corrected chi connectivity index (χ1v) is 5.78. The third-order valence-electron chi connectivity index (χ3n) is 2.79. The van der Waals surface area contributed by atoms with Crippen molar-refractivity contribution in [1.29, 1.82) is 0 Å². The number of rotatable bonds is 5. The molecule has 0 aliphatic heterocycles. The highest BCUT2D eigenvalue weighted by atomic mass is 19.3. The van der Waals surface area contributed by atoms with Crippen LogP contribution < -0.4 is 0 Å². The van der Waals surface area contributed by atoms with Crippen molar-refractivity contribution in [2.45, 2.75) is 12.8 Å². The van der Waals surface area contributed by atoms with Crippen LogP contribution in [-0.2, 0) is 15.5 Å². The smallest absolute Gasteiger partial charge is 0.349 e. The number of nitrogens with zero attached hydrogens (tertiary/aromatic N) is 1. The summed E-state index contributed by atoms with van der Waals surface area (Å²) >= 11 is 0. The van der Waals surface area contributed by atoms with Crippen LogP contribution in [0.25, 0.3) is 0 Å². The van der Waals surface area contributed by atoms with Gasteiger partial charge in [-0.15, -0.1) is 0 Å². The Balaban J connectivity index is 2.88. The van der Waals surface area contributed by atoms with E-state index in [1.54, 1.807) is 0 Å². The SMILES string of the molecule is CC(CN(C)C(=O)C(F)(F)c1ccc(F)cc1)C(=O)O. The van der Waals surface area contributed by atoms with E-state index in [1.807, 2.05) is 0 Å². The molecule has 0 saturated heterocycles. The number of carboxylic acid groups (broad SMARTS) is 1. The number of carbonyl (C=O) groups excluding carboxylic acids is 1. The van der Waals surface area contributed by atoms with E-state index in [4.69, 9.17) is 5.11 Å². The van der Waals surface area contributed by atoms with Crippen LogP contribution in [0.3, 0.4) is 0 Å². The molecule has 110 valence electrons. The highest BCUT2D eigenvalue weighted by molar-refractivity contribution is 5.85. The molecule has 0 aliphatic rings. The maximum absolute atomic E-state index is 13.9. The van der Waals surface area contributed by atoms with Gasteiger partial charge >= 0.3 is 11.9 Å². The number of carbonyl (C=O) groups is 2. The summed E-state index contributed by atoms with van der Waals surface area (Å²) in [5.41, 5.74) is -0.640. The predicted octanol–water partition coefficient (Wildman–Crippen LogP) is 2.10. The summed E-state index contributed by atoms with van der Waals surface area (Å²) in [6.07, 6.45) is 0. The van der Waals surface area contributed by atoms with Gasteiger partial charge in [0, 0.05) is 19.2 Å². The Bertz CT molecular complexity index is 502. The van der Waals surface area contributed by atoms with Crippen molar-refractivity contribution >= 4 is 11.9 Å². The van der Waals surface area contributed by atoms with Gasteiger partial charge in [-0.2, -0.15) is 8.78 Å². The zero-order chi connectivity index (χ0) is 15.5. The van der Waals surface area contributed by atoms with Crippen LogP contribution in [0.2, 0.25) is 0 Å². The van der Waals surface area contributed by atoms with E-state index >= 15 is 0 Å². The average Bonchev–Trinajstić information content (AvgIpc) is 2.37. The fourth-order valence-electron chi connectivity index (χ4n) is 1.59. The van der Waals surface area contributed by atoms with Gasteiger partial charge in [-0.05, 0) is 24.3 Å². The maximum atomic E-state index is 13.9. The molecule has 20 heavy (non-hydrogen) atoms. The van der Waals surface area contributed by atoms with Crippen LogP contribution in [0.5, 0.6) is 0 Å². The summed E-state index contributed by atoms with van der Waals surface area (Å²) in [7, 11) is 1.10. The van der Waals surface area contributed by atoms with E-state index in [0.29, 0.717) is 4.90 Å². The lowest BCUT2D eigenvalue weighted by atomic mass is 10.1. The molecule has 1 amide bonds. The van der Waals surface area contributed by atoms with E-state index in [9.17, 15) is 22.8 Å². The summed E-state index contributed by atoms with van der Waals surface area (Å²) in [4.78, 5) is 23.0. The first kappa shape index (κ1) is 16.0. The van der Waals surface area contributed by atoms with Crippen LogP contribution in [0.4, 0.5) is 13.2 Å². The molecule has 0 heterocycles. The van der Waals surface area contributed by atoms with Crippen molar-refractivity contribution < 1.29 is 27.9 Å². The Morgan fingerprint density at radius 3 is 2.25 bits per heavy atom. The minimum absolute atomic E-state index is 0.342. The normalized spacial score (nSPS) is 12.8. The average molecular weight is 289 g/mol. The summed E-state index contributed by atoms with van der Waals surface area (Å²) in [5.74, 6) is -8.20. The monoisotopic (exact) mass is 289 g/mol. The molecule has 0 spiro atoms. The molecule has 0 fully saturated rings. The molecule has 0 aromatic heterocycles. The summed E-state index contributed by atoms with van der Waals surface area (Å²) in [6.45, 7) is 0.965. The molecule has 4 nitrogen and oxygen atoms in total. The van der Waals surface area contributed by atoms with Gasteiger partial charge in [-0.1, -0.05) is 6.92 Å². The number of halogens is 3. The predicted molar refractivity (Wildman–Crippen MR) is 64.7 cm³/mol. The topological polar surface area (TPSA) is 57.6 Å². The lowest BCUT2D eigenvalue weighted by Gasteiger charge is -2.24. The molecule has 1 rings (SSSR count). The summed E-state index contributed by atoms with van der Waals surface area (Å²) < 4.78 is 40.5. The summed E-state index contributed by atoms with van der Waals surface area (Å²) in [6, 6.07) is 3.30. The number of hydrogen-bond acceptors (Lipinski definition) is 2. The van der Waals surface area contributed by atoms with Gasteiger partial charge in [0.15, 0.2) is 0 Å². The Labute approximate surface area is 113 Å². The summed E-state index contributed by atoms with van der Waals surface area (Å²) in [5, 5.41) is 8.70. The van der Waals surface area contributed by atoms with Crippen molar-refractivity contribution in [2.24, 2.45) is 5.92 Å². The minimum atomic E-state index is -3.83. The molecule has 0 bridgehead atoms. The Kier molecular flexibility index (Phi) is 4.75. The molecule has 1 aromatic rings. The molecule has 0 saturated carbocycles. The van der Waals surface area contributed by atoms with Gasteiger partial charge in [0.05, 0.1) is 5.92 Å². The quantitative estimate of drug-likeness (QED) is 0.903. The van der Waals surface area contributed by atoms with Crippen LogP contribution in [0.15, 0.2) is 24.3 Å². The van der Waals surface area contributed by atoms with Crippen molar-refractivity contribution in [1.82, 2.24) is 4.90 Å². The third-order valence-corrected chi connectivity index (χ3v) is 2.79. The van der Waals surface area contributed by atoms with E-state index in [1.165, 1.54) is 6.92 Å². The second-order valence-electron chi connectivity index (χ2n) is 4.51. The van der Waals surface area contributed by atoms with E-state index in [0.717, 1.165) is 31.3 Å².